The standard InChI is InChI=1S/C31H32N4O2/c1-2-16-32-29(36)22-35-30(24-11-5-3-6-12-24)33-28-15-14-26(20-27(28)31(35)37)25-13-9-10-23(19-25)21-34-17-7-4-8-18-34/h2-3,5-6,9-15,19-20H,1,4,7-8,16-18,21-22H2,(H,32,36). The Labute approximate surface area is 217 Å². The zero-order valence-electron chi connectivity index (χ0n) is 21.0. The molecule has 0 saturated carbocycles. The molecule has 0 bridgehead atoms. The summed E-state index contributed by atoms with van der Waals surface area (Å²) in [6, 6.07) is 23.9. The maximum Gasteiger partial charge on any atom is 0.262 e. The summed E-state index contributed by atoms with van der Waals surface area (Å²) in [5.41, 5.74) is 4.46. The van der Waals surface area contributed by atoms with Crippen LogP contribution in [0.3, 0.4) is 0 Å². The fourth-order valence-electron chi connectivity index (χ4n) is 4.97. The highest BCUT2D eigenvalue weighted by atomic mass is 16.2. The van der Waals surface area contributed by atoms with Crippen LogP contribution in [0.2, 0.25) is 0 Å². The first kappa shape index (κ1) is 24.7. The third-order valence-electron chi connectivity index (χ3n) is 6.85. The molecule has 4 aromatic rings. The maximum absolute atomic E-state index is 13.8. The summed E-state index contributed by atoms with van der Waals surface area (Å²) in [5, 5.41) is 3.26. The average Bonchev–Trinajstić information content (AvgIpc) is 2.94. The van der Waals surface area contributed by atoms with Gasteiger partial charge >= 0.3 is 0 Å². The summed E-state index contributed by atoms with van der Waals surface area (Å²) in [5.74, 6) is 0.213. The molecule has 1 saturated heterocycles. The summed E-state index contributed by atoms with van der Waals surface area (Å²) < 4.78 is 1.46. The van der Waals surface area contributed by atoms with Gasteiger partial charge in [0.15, 0.2) is 0 Å². The van der Waals surface area contributed by atoms with Crippen LogP contribution in [0.15, 0.2) is 90.2 Å². The Hall–Kier alpha value is -4.03. The van der Waals surface area contributed by atoms with Crippen molar-refractivity contribution in [3.8, 4) is 22.5 Å². The largest absolute Gasteiger partial charge is 0.351 e. The van der Waals surface area contributed by atoms with E-state index in [1.807, 2.05) is 48.5 Å². The molecular weight excluding hydrogens is 460 g/mol. The summed E-state index contributed by atoms with van der Waals surface area (Å²) in [6.07, 6.45) is 5.46. The van der Waals surface area contributed by atoms with Gasteiger partial charge in [0, 0.05) is 18.7 Å². The number of aromatic nitrogens is 2. The van der Waals surface area contributed by atoms with Crippen molar-refractivity contribution in [2.24, 2.45) is 0 Å². The Morgan fingerprint density at radius 3 is 2.46 bits per heavy atom. The minimum atomic E-state index is -0.262. The number of carbonyl (C=O) groups excluding carboxylic acids is 1. The van der Waals surface area contributed by atoms with Crippen molar-refractivity contribution in [3.63, 3.8) is 0 Å². The molecule has 1 fully saturated rings. The van der Waals surface area contributed by atoms with E-state index in [2.05, 4.69) is 41.1 Å². The number of hydrogen-bond donors (Lipinski definition) is 1. The highest BCUT2D eigenvalue weighted by molar-refractivity contribution is 5.86. The van der Waals surface area contributed by atoms with Crippen molar-refractivity contribution < 1.29 is 4.79 Å². The van der Waals surface area contributed by atoms with Crippen LogP contribution in [-0.2, 0) is 17.9 Å². The number of fused-ring (bicyclic) bond motifs is 1. The number of carbonyl (C=O) groups is 1. The second-order valence-corrected chi connectivity index (χ2v) is 9.55. The SMILES string of the molecule is C=CCNC(=O)Cn1c(-c2ccccc2)nc2ccc(-c3cccc(CN4CCCCC4)c3)cc2c1=O. The Kier molecular flexibility index (Phi) is 7.57. The van der Waals surface area contributed by atoms with Gasteiger partial charge in [-0.1, -0.05) is 67.1 Å². The van der Waals surface area contributed by atoms with E-state index >= 15 is 0 Å². The van der Waals surface area contributed by atoms with Crippen LogP contribution in [0, 0.1) is 0 Å². The van der Waals surface area contributed by atoms with Gasteiger partial charge in [-0.15, -0.1) is 6.58 Å². The number of benzene rings is 3. The summed E-state index contributed by atoms with van der Waals surface area (Å²) in [6.45, 7) is 7.10. The average molecular weight is 493 g/mol. The molecule has 1 aliphatic rings. The van der Waals surface area contributed by atoms with Gasteiger partial charge in [0.1, 0.15) is 12.4 Å². The van der Waals surface area contributed by atoms with E-state index in [9.17, 15) is 9.59 Å². The quantitative estimate of drug-likeness (QED) is 0.351. The molecule has 1 aromatic heterocycles. The molecule has 37 heavy (non-hydrogen) atoms. The van der Waals surface area contributed by atoms with E-state index in [4.69, 9.17) is 4.98 Å². The van der Waals surface area contributed by atoms with E-state index in [0.717, 1.165) is 36.3 Å². The number of piperidine rings is 1. The predicted octanol–water partition coefficient (Wildman–Crippen LogP) is 5.02. The minimum absolute atomic E-state index is 0.116. The molecule has 0 atom stereocenters. The number of nitrogens with one attached hydrogen (secondary N) is 1. The molecule has 5 rings (SSSR count). The van der Waals surface area contributed by atoms with Crippen molar-refractivity contribution in [1.82, 2.24) is 19.8 Å². The van der Waals surface area contributed by atoms with E-state index in [1.54, 1.807) is 6.08 Å². The molecule has 2 heterocycles. The molecular formula is C31H32N4O2. The predicted molar refractivity (Wildman–Crippen MR) is 149 cm³/mol. The fourth-order valence-corrected chi connectivity index (χ4v) is 4.97. The molecule has 1 N–H and O–H groups in total. The minimum Gasteiger partial charge on any atom is -0.351 e. The molecule has 0 radical (unpaired) electrons. The first-order valence-corrected chi connectivity index (χ1v) is 12.9. The third-order valence-corrected chi connectivity index (χ3v) is 6.85. The zero-order chi connectivity index (χ0) is 25.6. The Morgan fingerprint density at radius 2 is 1.68 bits per heavy atom. The number of likely N-dealkylation sites (tertiary alicyclic amines) is 1. The van der Waals surface area contributed by atoms with Gasteiger partial charge in [-0.25, -0.2) is 4.98 Å². The Bertz CT molecular complexity index is 1470. The van der Waals surface area contributed by atoms with Crippen LogP contribution < -0.4 is 10.9 Å². The monoisotopic (exact) mass is 492 g/mol. The lowest BCUT2D eigenvalue weighted by Crippen LogP contribution is -2.33. The van der Waals surface area contributed by atoms with Crippen LogP contribution in [0.1, 0.15) is 24.8 Å². The molecule has 0 unspecified atom stereocenters. The molecule has 6 nitrogen and oxygen atoms in total. The number of hydrogen-bond acceptors (Lipinski definition) is 4. The summed E-state index contributed by atoms with van der Waals surface area (Å²) in [7, 11) is 0. The lowest BCUT2D eigenvalue weighted by atomic mass is 10.0. The summed E-state index contributed by atoms with van der Waals surface area (Å²) in [4.78, 5) is 33.7. The van der Waals surface area contributed by atoms with Crippen molar-refractivity contribution in [1.29, 1.82) is 0 Å². The van der Waals surface area contributed by atoms with Crippen LogP contribution in [-0.4, -0.2) is 40.0 Å². The molecule has 3 aromatic carbocycles. The highest BCUT2D eigenvalue weighted by Crippen LogP contribution is 2.26. The normalized spacial score (nSPS) is 13.9. The van der Waals surface area contributed by atoms with E-state index in [1.165, 1.54) is 29.4 Å². The van der Waals surface area contributed by atoms with E-state index in [-0.39, 0.29) is 18.0 Å². The lowest BCUT2D eigenvalue weighted by molar-refractivity contribution is -0.121. The Morgan fingerprint density at radius 1 is 0.919 bits per heavy atom. The second-order valence-electron chi connectivity index (χ2n) is 9.55. The molecule has 188 valence electrons. The van der Waals surface area contributed by atoms with Gasteiger partial charge in [-0.2, -0.15) is 0 Å². The van der Waals surface area contributed by atoms with Crippen LogP contribution >= 0.6 is 0 Å². The van der Waals surface area contributed by atoms with Crippen LogP contribution in [0.5, 0.6) is 0 Å². The van der Waals surface area contributed by atoms with Crippen molar-refractivity contribution in [2.45, 2.75) is 32.4 Å². The van der Waals surface area contributed by atoms with E-state index in [0.29, 0.717) is 23.3 Å². The van der Waals surface area contributed by atoms with Gasteiger partial charge in [0.25, 0.3) is 5.56 Å². The lowest BCUT2D eigenvalue weighted by Gasteiger charge is -2.26. The van der Waals surface area contributed by atoms with E-state index < -0.39 is 0 Å². The first-order valence-electron chi connectivity index (χ1n) is 12.9. The highest BCUT2D eigenvalue weighted by Gasteiger charge is 2.16. The van der Waals surface area contributed by atoms with Gasteiger partial charge in [0.05, 0.1) is 10.9 Å². The smallest absolute Gasteiger partial charge is 0.262 e. The molecule has 1 amide bonds. The van der Waals surface area contributed by atoms with Crippen molar-refractivity contribution in [3.05, 3.63) is 101 Å². The van der Waals surface area contributed by atoms with Gasteiger partial charge in [0.2, 0.25) is 5.91 Å². The van der Waals surface area contributed by atoms with Gasteiger partial charge in [-0.05, 0) is 60.8 Å². The third kappa shape index (κ3) is 5.70. The van der Waals surface area contributed by atoms with Gasteiger partial charge in [-0.3, -0.25) is 19.1 Å². The van der Waals surface area contributed by atoms with Gasteiger partial charge < -0.3 is 5.32 Å². The zero-order valence-corrected chi connectivity index (χ0v) is 21.0. The Balaban J connectivity index is 1.54. The summed E-state index contributed by atoms with van der Waals surface area (Å²) >= 11 is 0. The topological polar surface area (TPSA) is 67.2 Å². The number of nitrogens with zero attached hydrogens (tertiary/aromatic N) is 3. The van der Waals surface area contributed by atoms with Crippen molar-refractivity contribution in [2.75, 3.05) is 19.6 Å². The second kappa shape index (κ2) is 11.4. The first-order chi connectivity index (χ1) is 18.1. The molecule has 0 spiro atoms. The fraction of sp³-hybridized carbons (Fsp3) is 0.258. The number of rotatable bonds is 8. The maximum atomic E-state index is 13.8. The van der Waals surface area contributed by atoms with Crippen LogP contribution in [0.4, 0.5) is 0 Å². The number of amides is 1. The van der Waals surface area contributed by atoms with Crippen molar-refractivity contribution >= 4 is 16.8 Å². The molecule has 6 heteroatoms. The molecule has 1 aliphatic heterocycles. The molecule has 0 aliphatic carbocycles. The van der Waals surface area contributed by atoms with Crippen LogP contribution in [0.25, 0.3) is 33.4 Å².